The SMILES string of the molecule is CC(C)c1ccc(C(=O)Cc2ccncc2)cc1. The van der Waals surface area contributed by atoms with Gasteiger partial charge < -0.3 is 0 Å². The fraction of sp³-hybridized carbons (Fsp3) is 0.250. The minimum atomic E-state index is 0.150. The average molecular weight is 239 g/mol. The van der Waals surface area contributed by atoms with Crippen LogP contribution < -0.4 is 0 Å². The smallest absolute Gasteiger partial charge is 0.167 e. The Morgan fingerprint density at radius 1 is 1.06 bits per heavy atom. The van der Waals surface area contributed by atoms with Crippen LogP contribution in [0.1, 0.15) is 41.3 Å². The summed E-state index contributed by atoms with van der Waals surface area (Å²) in [6, 6.07) is 11.6. The van der Waals surface area contributed by atoms with Crippen molar-refractivity contribution in [1.82, 2.24) is 4.98 Å². The van der Waals surface area contributed by atoms with E-state index in [0.717, 1.165) is 11.1 Å². The molecule has 0 aliphatic heterocycles. The van der Waals surface area contributed by atoms with E-state index in [4.69, 9.17) is 0 Å². The van der Waals surface area contributed by atoms with Gasteiger partial charge in [0.2, 0.25) is 0 Å². The summed E-state index contributed by atoms with van der Waals surface area (Å²) in [7, 11) is 0. The molecule has 2 heteroatoms. The van der Waals surface area contributed by atoms with Crippen molar-refractivity contribution in [3.8, 4) is 0 Å². The van der Waals surface area contributed by atoms with Crippen LogP contribution in [-0.4, -0.2) is 10.8 Å². The molecule has 2 nitrogen and oxygen atoms in total. The van der Waals surface area contributed by atoms with Crippen LogP contribution >= 0.6 is 0 Å². The number of carbonyl (C=O) groups is 1. The lowest BCUT2D eigenvalue weighted by Gasteiger charge is -2.06. The molecule has 0 bridgehead atoms. The second-order valence-electron chi connectivity index (χ2n) is 4.73. The van der Waals surface area contributed by atoms with Crippen LogP contribution in [-0.2, 0) is 6.42 Å². The highest BCUT2D eigenvalue weighted by atomic mass is 16.1. The molecule has 0 unspecified atom stereocenters. The second-order valence-corrected chi connectivity index (χ2v) is 4.73. The molecule has 1 aromatic heterocycles. The summed E-state index contributed by atoms with van der Waals surface area (Å²) in [6.07, 6.45) is 3.86. The van der Waals surface area contributed by atoms with Crippen molar-refractivity contribution in [2.24, 2.45) is 0 Å². The molecule has 2 rings (SSSR count). The van der Waals surface area contributed by atoms with E-state index in [2.05, 4.69) is 18.8 Å². The summed E-state index contributed by atoms with van der Waals surface area (Å²) in [5.41, 5.74) is 3.04. The predicted octanol–water partition coefficient (Wildman–Crippen LogP) is 3.63. The van der Waals surface area contributed by atoms with Crippen LogP contribution in [0, 0.1) is 0 Å². The maximum atomic E-state index is 12.1. The van der Waals surface area contributed by atoms with E-state index in [0.29, 0.717) is 12.3 Å². The van der Waals surface area contributed by atoms with E-state index in [-0.39, 0.29) is 5.78 Å². The molecule has 0 radical (unpaired) electrons. The van der Waals surface area contributed by atoms with Gasteiger partial charge in [-0.05, 0) is 29.2 Å². The molecule has 0 saturated carbocycles. The van der Waals surface area contributed by atoms with Gasteiger partial charge in [0, 0.05) is 24.4 Å². The van der Waals surface area contributed by atoms with Crippen LogP contribution in [0.5, 0.6) is 0 Å². The molecule has 0 spiro atoms. The number of pyridine rings is 1. The number of Topliss-reactive ketones (excluding diaryl/α,β-unsaturated/α-hetero) is 1. The largest absolute Gasteiger partial charge is 0.294 e. The van der Waals surface area contributed by atoms with Gasteiger partial charge in [-0.2, -0.15) is 0 Å². The lowest BCUT2D eigenvalue weighted by Crippen LogP contribution is -2.03. The van der Waals surface area contributed by atoms with Crippen molar-refractivity contribution in [2.45, 2.75) is 26.2 Å². The van der Waals surface area contributed by atoms with Crippen molar-refractivity contribution in [1.29, 1.82) is 0 Å². The molecule has 0 saturated heterocycles. The fourth-order valence-electron chi connectivity index (χ4n) is 1.84. The first-order chi connectivity index (χ1) is 8.66. The number of aromatic nitrogens is 1. The summed E-state index contributed by atoms with van der Waals surface area (Å²) in [6.45, 7) is 4.29. The summed E-state index contributed by atoms with van der Waals surface area (Å²) in [5.74, 6) is 0.644. The Balaban J connectivity index is 2.10. The topological polar surface area (TPSA) is 30.0 Å². The molecule has 0 aliphatic carbocycles. The number of ketones is 1. The van der Waals surface area contributed by atoms with E-state index in [1.54, 1.807) is 12.4 Å². The van der Waals surface area contributed by atoms with Gasteiger partial charge >= 0.3 is 0 Å². The predicted molar refractivity (Wildman–Crippen MR) is 72.8 cm³/mol. The third-order valence-electron chi connectivity index (χ3n) is 3.01. The summed E-state index contributed by atoms with van der Waals surface area (Å²) in [5, 5.41) is 0. The van der Waals surface area contributed by atoms with E-state index >= 15 is 0 Å². The van der Waals surface area contributed by atoms with Crippen molar-refractivity contribution >= 4 is 5.78 Å². The van der Waals surface area contributed by atoms with Crippen molar-refractivity contribution in [3.05, 3.63) is 65.5 Å². The van der Waals surface area contributed by atoms with E-state index < -0.39 is 0 Å². The van der Waals surface area contributed by atoms with Gasteiger partial charge in [-0.3, -0.25) is 9.78 Å². The molecule has 1 aromatic carbocycles. The number of hydrogen-bond donors (Lipinski definition) is 0. The lowest BCUT2D eigenvalue weighted by molar-refractivity contribution is 0.0993. The zero-order chi connectivity index (χ0) is 13.0. The number of carbonyl (C=O) groups excluding carboxylic acids is 1. The zero-order valence-corrected chi connectivity index (χ0v) is 10.8. The Bertz CT molecular complexity index is 515. The van der Waals surface area contributed by atoms with Crippen LogP contribution in [0.4, 0.5) is 0 Å². The Kier molecular flexibility index (Phi) is 3.88. The van der Waals surface area contributed by atoms with Crippen LogP contribution in [0.2, 0.25) is 0 Å². The first kappa shape index (κ1) is 12.5. The molecule has 1 heterocycles. The minimum Gasteiger partial charge on any atom is -0.294 e. The van der Waals surface area contributed by atoms with Crippen molar-refractivity contribution in [3.63, 3.8) is 0 Å². The molecule has 0 N–H and O–H groups in total. The monoisotopic (exact) mass is 239 g/mol. The van der Waals surface area contributed by atoms with Crippen LogP contribution in [0.15, 0.2) is 48.8 Å². The first-order valence-electron chi connectivity index (χ1n) is 6.19. The fourth-order valence-corrected chi connectivity index (χ4v) is 1.84. The van der Waals surface area contributed by atoms with Crippen molar-refractivity contribution in [2.75, 3.05) is 0 Å². The molecule has 92 valence electrons. The van der Waals surface area contributed by atoms with E-state index in [9.17, 15) is 4.79 Å². The molecular formula is C16H17NO. The summed E-state index contributed by atoms with van der Waals surface area (Å²) < 4.78 is 0. The number of nitrogens with zero attached hydrogens (tertiary/aromatic N) is 1. The molecule has 2 aromatic rings. The van der Waals surface area contributed by atoms with Crippen LogP contribution in [0.3, 0.4) is 0 Å². The molecule has 0 amide bonds. The standard InChI is InChI=1S/C16H17NO/c1-12(2)14-3-5-15(6-4-14)16(18)11-13-7-9-17-10-8-13/h3-10,12H,11H2,1-2H3. The van der Waals surface area contributed by atoms with Gasteiger partial charge in [-0.1, -0.05) is 38.1 Å². The van der Waals surface area contributed by atoms with E-state index in [1.165, 1.54) is 5.56 Å². The Morgan fingerprint density at radius 2 is 1.67 bits per heavy atom. The molecule has 0 fully saturated rings. The van der Waals surface area contributed by atoms with Gasteiger partial charge in [0.1, 0.15) is 0 Å². The van der Waals surface area contributed by atoms with Crippen LogP contribution in [0.25, 0.3) is 0 Å². The highest BCUT2D eigenvalue weighted by molar-refractivity contribution is 5.97. The average Bonchev–Trinajstić information content (AvgIpc) is 2.40. The molecule has 0 aliphatic rings. The minimum absolute atomic E-state index is 0.150. The third kappa shape index (κ3) is 3.04. The van der Waals surface area contributed by atoms with Gasteiger partial charge in [-0.15, -0.1) is 0 Å². The molecule has 0 atom stereocenters. The lowest BCUT2D eigenvalue weighted by atomic mass is 9.98. The second kappa shape index (κ2) is 5.58. The third-order valence-corrected chi connectivity index (χ3v) is 3.01. The molecular weight excluding hydrogens is 222 g/mol. The van der Waals surface area contributed by atoms with Crippen molar-refractivity contribution < 1.29 is 4.79 Å². The summed E-state index contributed by atoms with van der Waals surface area (Å²) >= 11 is 0. The highest BCUT2D eigenvalue weighted by Crippen LogP contribution is 2.15. The molecule has 18 heavy (non-hydrogen) atoms. The van der Waals surface area contributed by atoms with Gasteiger partial charge in [0.05, 0.1) is 0 Å². The Hall–Kier alpha value is -1.96. The number of rotatable bonds is 4. The Labute approximate surface area is 108 Å². The van der Waals surface area contributed by atoms with Gasteiger partial charge in [-0.25, -0.2) is 0 Å². The first-order valence-corrected chi connectivity index (χ1v) is 6.19. The zero-order valence-electron chi connectivity index (χ0n) is 10.8. The van der Waals surface area contributed by atoms with Gasteiger partial charge in [0.15, 0.2) is 5.78 Å². The highest BCUT2D eigenvalue weighted by Gasteiger charge is 2.07. The Morgan fingerprint density at radius 3 is 2.22 bits per heavy atom. The van der Waals surface area contributed by atoms with Gasteiger partial charge in [0.25, 0.3) is 0 Å². The maximum absolute atomic E-state index is 12.1. The van der Waals surface area contributed by atoms with E-state index in [1.807, 2.05) is 36.4 Å². The quantitative estimate of drug-likeness (QED) is 0.762. The number of hydrogen-bond acceptors (Lipinski definition) is 2. The normalized spacial score (nSPS) is 10.6. The summed E-state index contributed by atoms with van der Waals surface area (Å²) in [4.78, 5) is 16.0. The number of benzene rings is 1. The maximum Gasteiger partial charge on any atom is 0.167 e.